The molecule has 1 rings (SSSR count). The van der Waals surface area contributed by atoms with E-state index in [1.54, 1.807) is 0 Å². The third-order valence-electron chi connectivity index (χ3n) is 2.65. The van der Waals surface area contributed by atoms with Crippen LogP contribution in [0.2, 0.25) is 0 Å². The first kappa shape index (κ1) is 16.0. The summed E-state index contributed by atoms with van der Waals surface area (Å²) < 4.78 is 14.6. The Labute approximate surface area is 109 Å². The second-order valence-corrected chi connectivity index (χ2v) is 3.94. The Hall–Kier alpha value is -1.03. The predicted octanol–water partition coefficient (Wildman–Crippen LogP) is -2.47. The van der Waals surface area contributed by atoms with Crippen LogP contribution in [-0.2, 0) is 19.0 Å². The highest BCUT2D eigenvalue weighted by atomic mass is 16.7. The van der Waals surface area contributed by atoms with Crippen molar-refractivity contribution in [1.29, 1.82) is 0 Å². The summed E-state index contributed by atoms with van der Waals surface area (Å²) in [5, 5.41) is 37.7. The topological polar surface area (TPSA) is 126 Å². The molecule has 0 aromatic rings. The molecular weight excluding hydrogens is 260 g/mol. The van der Waals surface area contributed by atoms with Gasteiger partial charge < -0.3 is 34.6 Å². The number of aliphatic hydroxyl groups excluding tert-OH is 4. The van der Waals surface area contributed by atoms with Gasteiger partial charge in [0, 0.05) is 6.08 Å². The maximum absolute atomic E-state index is 10.7. The molecule has 110 valence electrons. The lowest BCUT2D eigenvalue weighted by Gasteiger charge is -2.39. The standard InChI is InChI=1S/C11H18O8/c1-2-7(13)17-3-4-18-10-9(15)8(14)6(5-12)19-11(10)16/h2,6,8-12,14-16H,1,3-5H2/t6-,8+,9+,10-,11-/m1/s1. The van der Waals surface area contributed by atoms with Crippen LogP contribution < -0.4 is 0 Å². The van der Waals surface area contributed by atoms with Crippen molar-refractivity contribution in [2.75, 3.05) is 19.8 Å². The average molecular weight is 278 g/mol. The number of hydrogen-bond donors (Lipinski definition) is 4. The van der Waals surface area contributed by atoms with Crippen LogP contribution in [0.1, 0.15) is 0 Å². The molecule has 4 N–H and O–H groups in total. The summed E-state index contributed by atoms with van der Waals surface area (Å²) in [4.78, 5) is 10.7. The van der Waals surface area contributed by atoms with Crippen LogP contribution in [0, 0.1) is 0 Å². The van der Waals surface area contributed by atoms with Gasteiger partial charge in [-0.1, -0.05) is 6.58 Å². The van der Waals surface area contributed by atoms with Gasteiger partial charge in [-0.2, -0.15) is 0 Å². The van der Waals surface area contributed by atoms with Crippen molar-refractivity contribution in [3.63, 3.8) is 0 Å². The van der Waals surface area contributed by atoms with Crippen molar-refractivity contribution in [3.8, 4) is 0 Å². The summed E-state index contributed by atoms with van der Waals surface area (Å²) in [5.41, 5.74) is 0. The quantitative estimate of drug-likeness (QED) is 0.239. The van der Waals surface area contributed by atoms with Crippen molar-refractivity contribution in [1.82, 2.24) is 0 Å². The Morgan fingerprint density at radius 2 is 1.95 bits per heavy atom. The fourth-order valence-electron chi connectivity index (χ4n) is 1.64. The molecule has 0 unspecified atom stereocenters. The number of rotatable bonds is 6. The predicted molar refractivity (Wildman–Crippen MR) is 60.9 cm³/mol. The fraction of sp³-hybridized carbons (Fsp3) is 0.727. The zero-order valence-electron chi connectivity index (χ0n) is 10.2. The SMILES string of the molecule is C=CC(=O)OCCO[C@@H]1[C@@H](O)[C@@H](O)[C@@H](CO)O[C@H]1O. The number of hydrogen-bond acceptors (Lipinski definition) is 8. The molecule has 0 bridgehead atoms. The largest absolute Gasteiger partial charge is 0.460 e. The molecule has 0 spiro atoms. The van der Waals surface area contributed by atoms with E-state index in [1.807, 2.05) is 0 Å². The molecule has 1 heterocycles. The van der Waals surface area contributed by atoms with Gasteiger partial charge in [0.1, 0.15) is 31.0 Å². The third-order valence-corrected chi connectivity index (χ3v) is 2.65. The van der Waals surface area contributed by atoms with Crippen LogP contribution in [-0.4, -0.2) is 76.9 Å². The molecule has 0 aliphatic carbocycles. The Kier molecular flexibility index (Phi) is 6.35. The number of ether oxygens (including phenoxy) is 3. The van der Waals surface area contributed by atoms with E-state index in [4.69, 9.17) is 14.6 Å². The minimum atomic E-state index is -1.49. The minimum absolute atomic E-state index is 0.0969. The first-order chi connectivity index (χ1) is 9.01. The van der Waals surface area contributed by atoms with E-state index in [9.17, 15) is 20.1 Å². The van der Waals surface area contributed by atoms with Crippen molar-refractivity contribution >= 4 is 5.97 Å². The normalized spacial score (nSPS) is 34.8. The van der Waals surface area contributed by atoms with Gasteiger partial charge in [-0.05, 0) is 0 Å². The van der Waals surface area contributed by atoms with Gasteiger partial charge in [0.2, 0.25) is 0 Å². The van der Waals surface area contributed by atoms with Crippen LogP contribution >= 0.6 is 0 Å². The van der Waals surface area contributed by atoms with Gasteiger partial charge in [-0.3, -0.25) is 0 Å². The first-order valence-corrected chi connectivity index (χ1v) is 5.72. The van der Waals surface area contributed by atoms with Gasteiger partial charge >= 0.3 is 5.97 Å². The van der Waals surface area contributed by atoms with Crippen LogP contribution in [0.5, 0.6) is 0 Å². The minimum Gasteiger partial charge on any atom is -0.460 e. The van der Waals surface area contributed by atoms with Crippen molar-refractivity contribution in [3.05, 3.63) is 12.7 Å². The maximum atomic E-state index is 10.7. The molecule has 0 aromatic heterocycles. The second kappa shape index (κ2) is 7.53. The van der Waals surface area contributed by atoms with Crippen molar-refractivity contribution in [2.24, 2.45) is 0 Å². The molecule has 1 aliphatic rings. The summed E-state index contributed by atoms with van der Waals surface area (Å²) >= 11 is 0. The molecule has 0 aromatic carbocycles. The van der Waals surface area contributed by atoms with E-state index in [1.165, 1.54) is 0 Å². The fourth-order valence-corrected chi connectivity index (χ4v) is 1.64. The highest BCUT2D eigenvalue weighted by Crippen LogP contribution is 2.21. The van der Waals surface area contributed by atoms with E-state index in [-0.39, 0.29) is 13.2 Å². The molecule has 1 aliphatic heterocycles. The van der Waals surface area contributed by atoms with Gasteiger partial charge in [0.05, 0.1) is 13.2 Å². The summed E-state index contributed by atoms with van der Waals surface area (Å²) in [6.45, 7) is 2.47. The zero-order valence-corrected chi connectivity index (χ0v) is 10.2. The molecule has 0 radical (unpaired) electrons. The number of carbonyl (C=O) groups is 1. The monoisotopic (exact) mass is 278 g/mol. The second-order valence-electron chi connectivity index (χ2n) is 3.94. The molecule has 0 amide bonds. The first-order valence-electron chi connectivity index (χ1n) is 5.72. The third kappa shape index (κ3) is 4.23. The lowest BCUT2D eigenvalue weighted by atomic mass is 9.99. The van der Waals surface area contributed by atoms with E-state index in [0.29, 0.717) is 0 Å². The molecule has 1 fully saturated rings. The Morgan fingerprint density at radius 3 is 2.53 bits per heavy atom. The smallest absolute Gasteiger partial charge is 0.330 e. The summed E-state index contributed by atoms with van der Waals surface area (Å²) in [7, 11) is 0. The van der Waals surface area contributed by atoms with Crippen LogP contribution in [0.3, 0.4) is 0 Å². The highest BCUT2D eigenvalue weighted by Gasteiger charge is 2.44. The summed E-state index contributed by atoms with van der Waals surface area (Å²) in [6.07, 6.45) is -5.58. The maximum Gasteiger partial charge on any atom is 0.330 e. The molecule has 8 heteroatoms. The van der Waals surface area contributed by atoms with Crippen LogP contribution in [0.4, 0.5) is 0 Å². The number of carbonyl (C=O) groups excluding carboxylic acids is 1. The summed E-state index contributed by atoms with van der Waals surface area (Å²) in [6, 6.07) is 0. The van der Waals surface area contributed by atoms with Gasteiger partial charge in [-0.25, -0.2) is 4.79 Å². The Morgan fingerprint density at radius 1 is 1.26 bits per heavy atom. The molecule has 8 nitrogen and oxygen atoms in total. The molecular formula is C11H18O8. The summed E-state index contributed by atoms with van der Waals surface area (Å²) in [5.74, 6) is -0.620. The van der Waals surface area contributed by atoms with Crippen LogP contribution in [0.15, 0.2) is 12.7 Å². The zero-order chi connectivity index (χ0) is 14.4. The lowest BCUT2D eigenvalue weighted by molar-refractivity contribution is -0.297. The number of aliphatic hydroxyl groups is 4. The molecule has 1 saturated heterocycles. The van der Waals surface area contributed by atoms with Gasteiger partial charge in [0.15, 0.2) is 6.29 Å². The van der Waals surface area contributed by atoms with Crippen LogP contribution in [0.25, 0.3) is 0 Å². The van der Waals surface area contributed by atoms with Crippen molar-refractivity contribution < 1.29 is 39.4 Å². The number of esters is 1. The molecule has 5 atom stereocenters. The van der Waals surface area contributed by atoms with E-state index in [2.05, 4.69) is 11.3 Å². The highest BCUT2D eigenvalue weighted by molar-refractivity contribution is 5.81. The van der Waals surface area contributed by atoms with E-state index < -0.39 is 43.3 Å². The Bertz CT molecular complexity index is 307. The van der Waals surface area contributed by atoms with Crippen molar-refractivity contribution in [2.45, 2.75) is 30.7 Å². The van der Waals surface area contributed by atoms with Gasteiger partial charge in [-0.15, -0.1) is 0 Å². The Balaban J connectivity index is 2.40. The van der Waals surface area contributed by atoms with Gasteiger partial charge in [0.25, 0.3) is 0 Å². The van der Waals surface area contributed by atoms with E-state index >= 15 is 0 Å². The molecule has 19 heavy (non-hydrogen) atoms. The van der Waals surface area contributed by atoms with E-state index in [0.717, 1.165) is 6.08 Å². The average Bonchev–Trinajstić information content (AvgIpc) is 2.41. The molecule has 0 saturated carbocycles. The lowest BCUT2D eigenvalue weighted by Crippen LogP contribution is -2.59.